The van der Waals surface area contributed by atoms with E-state index in [1.807, 2.05) is 31.2 Å². The molecule has 0 aliphatic carbocycles. The molecule has 0 spiro atoms. The zero-order valence-electron chi connectivity index (χ0n) is 10.8. The van der Waals surface area contributed by atoms with E-state index in [1.54, 1.807) is 4.57 Å². The molecule has 0 aliphatic heterocycles. The minimum absolute atomic E-state index is 0.0146. The van der Waals surface area contributed by atoms with Crippen LogP contribution in [0.1, 0.15) is 22.4 Å². The fourth-order valence-electron chi connectivity index (χ4n) is 2.03. The Balaban J connectivity index is 2.47. The van der Waals surface area contributed by atoms with Gasteiger partial charge in [0.1, 0.15) is 0 Å². The topological polar surface area (TPSA) is 48.0 Å². The van der Waals surface area contributed by atoms with Crippen molar-refractivity contribution < 1.29 is 0 Å². The highest BCUT2D eigenvalue weighted by Crippen LogP contribution is 2.09. The summed E-state index contributed by atoms with van der Waals surface area (Å²) < 4.78 is 1.78. The highest BCUT2D eigenvalue weighted by atomic mass is 16.1. The summed E-state index contributed by atoms with van der Waals surface area (Å²) in [7, 11) is 0. The highest BCUT2D eigenvalue weighted by Gasteiger charge is 2.06. The van der Waals surface area contributed by atoms with Crippen LogP contribution in [-0.2, 0) is 13.1 Å². The van der Waals surface area contributed by atoms with Gasteiger partial charge in [-0.15, -0.1) is 0 Å². The maximum absolute atomic E-state index is 12.2. The molecule has 1 aromatic heterocycles. The van der Waals surface area contributed by atoms with Crippen LogP contribution < -0.4 is 11.3 Å². The van der Waals surface area contributed by atoms with Crippen LogP contribution in [0, 0.1) is 13.8 Å². The summed E-state index contributed by atoms with van der Waals surface area (Å²) in [6.07, 6.45) is 0. The molecular formula is C15H18N2O. The molecule has 3 heteroatoms. The molecule has 0 unspecified atom stereocenters. The molecule has 1 aromatic carbocycles. The molecule has 1 heterocycles. The molecule has 0 atom stereocenters. The SMILES string of the molecule is Cc1ccccc1Cn1c(C)ccc(CN)c1=O. The van der Waals surface area contributed by atoms with Gasteiger partial charge >= 0.3 is 0 Å². The van der Waals surface area contributed by atoms with E-state index in [2.05, 4.69) is 19.1 Å². The number of nitrogens with zero attached hydrogens (tertiary/aromatic N) is 1. The molecule has 94 valence electrons. The van der Waals surface area contributed by atoms with Gasteiger partial charge in [-0.2, -0.15) is 0 Å². The fourth-order valence-corrected chi connectivity index (χ4v) is 2.03. The Labute approximate surface area is 107 Å². The summed E-state index contributed by atoms with van der Waals surface area (Å²) in [4.78, 5) is 12.2. The van der Waals surface area contributed by atoms with Crippen molar-refractivity contribution in [2.45, 2.75) is 26.9 Å². The standard InChI is InChI=1S/C15H18N2O/c1-11-5-3-4-6-14(11)10-17-12(2)7-8-13(9-16)15(17)18/h3-8H,9-10,16H2,1-2H3. The minimum atomic E-state index is 0.0146. The molecule has 0 saturated carbocycles. The molecule has 2 N–H and O–H groups in total. The van der Waals surface area contributed by atoms with E-state index in [9.17, 15) is 4.79 Å². The van der Waals surface area contributed by atoms with Crippen molar-refractivity contribution in [3.63, 3.8) is 0 Å². The molecule has 0 bridgehead atoms. The second kappa shape index (κ2) is 5.19. The van der Waals surface area contributed by atoms with Crippen LogP contribution in [-0.4, -0.2) is 4.57 Å². The largest absolute Gasteiger partial charge is 0.326 e. The maximum Gasteiger partial charge on any atom is 0.255 e. The first-order chi connectivity index (χ1) is 8.63. The summed E-state index contributed by atoms with van der Waals surface area (Å²) in [5.41, 5.74) is 9.57. The number of aryl methyl sites for hydroxylation is 2. The van der Waals surface area contributed by atoms with Crippen LogP contribution in [0.15, 0.2) is 41.2 Å². The quantitative estimate of drug-likeness (QED) is 0.894. The third-order valence-electron chi connectivity index (χ3n) is 3.28. The zero-order valence-corrected chi connectivity index (χ0v) is 10.8. The third kappa shape index (κ3) is 2.36. The molecule has 0 radical (unpaired) electrons. The molecule has 18 heavy (non-hydrogen) atoms. The fraction of sp³-hybridized carbons (Fsp3) is 0.267. The number of aromatic nitrogens is 1. The number of pyridine rings is 1. The van der Waals surface area contributed by atoms with E-state index >= 15 is 0 Å². The number of hydrogen-bond donors (Lipinski definition) is 1. The average Bonchev–Trinajstić information content (AvgIpc) is 2.37. The number of rotatable bonds is 3. The predicted octanol–water partition coefficient (Wildman–Crippen LogP) is 1.97. The normalized spacial score (nSPS) is 10.6. The lowest BCUT2D eigenvalue weighted by Crippen LogP contribution is -2.27. The molecule has 3 nitrogen and oxygen atoms in total. The van der Waals surface area contributed by atoms with Crippen molar-refractivity contribution in [2.75, 3.05) is 0 Å². The van der Waals surface area contributed by atoms with E-state index in [1.165, 1.54) is 5.56 Å². The third-order valence-corrected chi connectivity index (χ3v) is 3.28. The van der Waals surface area contributed by atoms with Crippen LogP contribution in [0.2, 0.25) is 0 Å². The average molecular weight is 242 g/mol. The Bertz CT molecular complexity index is 614. The van der Waals surface area contributed by atoms with Crippen molar-refractivity contribution in [3.8, 4) is 0 Å². The lowest BCUT2D eigenvalue weighted by atomic mass is 10.1. The van der Waals surface area contributed by atoms with E-state index in [4.69, 9.17) is 5.73 Å². The van der Waals surface area contributed by atoms with Crippen molar-refractivity contribution in [2.24, 2.45) is 5.73 Å². The molecule has 0 aliphatic rings. The zero-order chi connectivity index (χ0) is 13.1. The van der Waals surface area contributed by atoms with Crippen LogP contribution >= 0.6 is 0 Å². The van der Waals surface area contributed by atoms with Gasteiger partial charge in [0, 0.05) is 17.8 Å². The molecule has 0 fully saturated rings. The summed E-state index contributed by atoms with van der Waals surface area (Å²) in [5, 5.41) is 0. The Kier molecular flexibility index (Phi) is 3.63. The van der Waals surface area contributed by atoms with Crippen molar-refractivity contribution >= 4 is 0 Å². The number of hydrogen-bond acceptors (Lipinski definition) is 2. The summed E-state index contributed by atoms with van der Waals surface area (Å²) >= 11 is 0. The Morgan fingerprint density at radius 3 is 2.44 bits per heavy atom. The maximum atomic E-state index is 12.2. The van der Waals surface area contributed by atoms with Crippen molar-refractivity contribution in [1.29, 1.82) is 0 Å². The first-order valence-electron chi connectivity index (χ1n) is 6.07. The van der Waals surface area contributed by atoms with E-state index < -0.39 is 0 Å². The van der Waals surface area contributed by atoms with Gasteiger partial charge in [0.05, 0.1) is 6.54 Å². The van der Waals surface area contributed by atoms with Gasteiger partial charge in [0.15, 0.2) is 0 Å². The molecule has 0 saturated heterocycles. The minimum Gasteiger partial charge on any atom is -0.326 e. The lowest BCUT2D eigenvalue weighted by Gasteiger charge is -2.13. The van der Waals surface area contributed by atoms with Crippen LogP contribution in [0.3, 0.4) is 0 Å². The molecular weight excluding hydrogens is 224 g/mol. The highest BCUT2D eigenvalue weighted by molar-refractivity contribution is 5.27. The smallest absolute Gasteiger partial charge is 0.255 e. The van der Waals surface area contributed by atoms with Gasteiger partial charge in [-0.3, -0.25) is 4.79 Å². The van der Waals surface area contributed by atoms with Gasteiger partial charge in [-0.1, -0.05) is 30.3 Å². The van der Waals surface area contributed by atoms with Crippen LogP contribution in [0.4, 0.5) is 0 Å². The van der Waals surface area contributed by atoms with Crippen molar-refractivity contribution in [1.82, 2.24) is 4.57 Å². The number of nitrogens with two attached hydrogens (primary N) is 1. The summed E-state index contributed by atoms with van der Waals surface area (Å²) in [6, 6.07) is 11.9. The second-order valence-electron chi connectivity index (χ2n) is 4.52. The molecule has 0 amide bonds. The van der Waals surface area contributed by atoms with Crippen molar-refractivity contribution in [3.05, 3.63) is 69.1 Å². The number of benzene rings is 1. The Morgan fingerprint density at radius 2 is 1.78 bits per heavy atom. The molecule has 2 rings (SSSR count). The van der Waals surface area contributed by atoms with Crippen LogP contribution in [0.5, 0.6) is 0 Å². The first kappa shape index (κ1) is 12.6. The van der Waals surface area contributed by atoms with Gasteiger partial charge in [-0.25, -0.2) is 0 Å². The van der Waals surface area contributed by atoms with Gasteiger partial charge < -0.3 is 10.3 Å². The summed E-state index contributed by atoms with van der Waals surface area (Å²) in [5.74, 6) is 0. The van der Waals surface area contributed by atoms with E-state index in [0.717, 1.165) is 11.3 Å². The Hall–Kier alpha value is -1.87. The Morgan fingerprint density at radius 1 is 1.06 bits per heavy atom. The van der Waals surface area contributed by atoms with Gasteiger partial charge in [0.25, 0.3) is 5.56 Å². The monoisotopic (exact) mass is 242 g/mol. The summed E-state index contributed by atoms with van der Waals surface area (Å²) in [6.45, 7) is 4.89. The first-order valence-corrected chi connectivity index (χ1v) is 6.07. The lowest BCUT2D eigenvalue weighted by molar-refractivity contribution is 0.713. The predicted molar refractivity (Wildman–Crippen MR) is 73.6 cm³/mol. The second-order valence-corrected chi connectivity index (χ2v) is 4.52. The van der Waals surface area contributed by atoms with E-state index in [0.29, 0.717) is 12.1 Å². The van der Waals surface area contributed by atoms with Crippen LogP contribution in [0.25, 0.3) is 0 Å². The van der Waals surface area contributed by atoms with Gasteiger partial charge in [0.2, 0.25) is 0 Å². The van der Waals surface area contributed by atoms with Gasteiger partial charge in [-0.05, 0) is 31.0 Å². The van der Waals surface area contributed by atoms with E-state index in [-0.39, 0.29) is 12.1 Å². The molecule has 2 aromatic rings.